The molecule has 2 N–H and O–H groups in total. The Morgan fingerprint density at radius 2 is 2.30 bits per heavy atom. The highest BCUT2D eigenvalue weighted by Crippen LogP contribution is 2.12. The molecule has 0 aliphatic heterocycles. The lowest BCUT2D eigenvalue weighted by Gasteiger charge is -2.13. The largest absolute Gasteiger partial charge is 0.479 e. The Labute approximate surface area is 116 Å². The van der Waals surface area contributed by atoms with Gasteiger partial charge < -0.3 is 15.2 Å². The number of aromatic nitrogens is 1. The second-order valence-corrected chi connectivity index (χ2v) is 3.88. The summed E-state index contributed by atoms with van der Waals surface area (Å²) in [6, 6.07) is 3.22. The van der Waals surface area contributed by atoms with Crippen molar-refractivity contribution < 1.29 is 19.4 Å². The van der Waals surface area contributed by atoms with Crippen LogP contribution in [0, 0.1) is 0 Å². The number of amides is 1. The Balaban J connectivity index is 2.58. The predicted molar refractivity (Wildman–Crippen MR) is 74.2 cm³/mol. The van der Waals surface area contributed by atoms with Crippen LogP contribution in [0.3, 0.4) is 0 Å². The van der Waals surface area contributed by atoms with Crippen LogP contribution in [0.25, 0.3) is 6.08 Å². The van der Waals surface area contributed by atoms with Gasteiger partial charge in [-0.3, -0.25) is 9.78 Å². The minimum Gasteiger partial charge on any atom is -0.479 e. The SMILES string of the molecule is C=CCNC(=O)C(C)Oc1ccc(C=CC(=O)O)nc1. The second kappa shape index (κ2) is 7.73. The summed E-state index contributed by atoms with van der Waals surface area (Å²) in [6.45, 7) is 5.50. The fourth-order valence-corrected chi connectivity index (χ4v) is 1.29. The molecule has 1 atom stereocenters. The molecule has 0 aliphatic carbocycles. The van der Waals surface area contributed by atoms with Gasteiger partial charge >= 0.3 is 5.97 Å². The van der Waals surface area contributed by atoms with E-state index in [9.17, 15) is 9.59 Å². The van der Waals surface area contributed by atoms with Gasteiger partial charge in [-0.25, -0.2) is 4.79 Å². The molecule has 1 aromatic rings. The highest BCUT2D eigenvalue weighted by Gasteiger charge is 2.13. The van der Waals surface area contributed by atoms with Crippen molar-refractivity contribution >= 4 is 18.0 Å². The van der Waals surface area contributed by atoms with Crippen LogP contribution in [-0.2, 0) is 9.59 Å². The Kier molecular flexibility index (Phi) is 5.96. The number of hydrogen-bond donors (Lipinski definition) is 2. The second-order valence-electron chi connectivity index (χ2n) is 3.88. The highest BCUT2D eigenvalue weighted by atomic mass is 16.5. The summed E-state index contributed by atoms with van der Waals surface area (Å²) in [5.41, 5.74) is 0.489. The zero-order chi connectivity index (χ0) is 15.0. The predicted octanol–water partition coefficient (Wildman–Crippen LogP) is 1.25. The summed E-state index contributed by atoms with van der Waals surface area (Å²) in [7, 11) is 0. The number of nitrogens with one attached hydrogen (secondary N) is 1. The van der Waals surface area contributed by atoms with Gasteiger partial charge in [0.05, 0.1) is 11.9 Å². The Bertz CT molecular complexity index is 508. The van der Waals surface area contributed by atoms with Crippen molar-refractivity contribution in [1.29, 1.82) is 0 Å². The van der Waals surface area contributed by atoms with Gasteiger partial charge in [-0.1, -0.05) is 6.08 Å². The molecule has 0 aliphatic rings. The van der Waals surface area contributed by atoms with Crippen LogP contribution in [0.15, 0.2) is 37.1 Å². The zero-order valence-corrected chi connectivity index (χ0v) is 11.1. The maximum atomic E-state index is 11.6. The number of carbonyl (C=O) groups excluding carboxylic acids is 1. The van der Waals surface area contributed by atoms with Gasteiger partial charge in [0.15, 0.2) is 6.10 Å². The first-order valence-electron chi connectivity index (χ1n) is 5.95. The fraction of sp³-hybridized carbons (Fsp3) is 0.214. The maximum Gasteiger partial charge on any atom is 0.328 e. The van der Waals surface area contributed by atoms with E-state index in [1.165, 1.54) is 12.3 Å². The summed E-state index contributed by atoms with van der Waals surface area (Å²) < 4.78 is 5.40. The van der Waals surface area contributed by atoms with E-state index in [4.69, 9.17) is 9.84 Å². The zero-order valence-electron chi connectivity index (χ0n) is 11.1. The molecule has 0 bridgehead atoms. The molecule has 6 heteroatoms. The van der Waals surface area contributed by atoms with Crippen molar-refractivity contribution in [2.24, 2.45) is 0 Å². The standard InChI is InChI=1S/C14H16N2O4/c1-3-8-15-14(19)10(2)20-12-6-4-11(16-9-12)5-7-13(17)18/h3-7,9-10H,1,8H2,2H3,(H,15,19)(H,17,18). The number of hydrogen-bond acceptors (Lipinski definition) is 4. The van der Waals surface area contributed by atoms with Crippen molar-refractivity contribution in [3.05, 3.63) is 42.8 Å². The number of carboxylic acid groups (broad SMARTS) is 1. The van der Waals surface area contributed by atoms with Gasteiger partial charge in [0.25, 0.3) is 5.91 Å². The van der Waals surface area contributed by atoms with Crippen LogP contribution < -0.4 is 10.1 Å². The van der Waals surface area contributed by atoms with Crippen LogP contribution in [0.4, 0.5) is 0 Å². The van der Waals surface area contributed by atoms with E-state index in [-0.39, 0.29) is 5.91 Å². The summed E-state index contributed by atoms with van der Waals surface area (Å²) in [5.74, 6) is -0.863. The van der Waals surface area contributed by atoms with E-state index < -0.39 is 12.1 Å². The van der Waals surface area contributed by atoms with E-state index in [0.29, 0.717) is 18.0 Å². The summed E-state index contributed by atoms with van der Waals surface area (Å²) >= 11 is 0. The van der Waals surface area contributed by atoms with E-state index in [1.807, 2.05) is 0 Å². The molecule has 1 unspecified atom stereocenters. The fourth-order valence-electron chi connectivity index (χ4n) is 1.29. The Morgan fingerprint density at radius 1 is 1.55 bits per heavy atom. The Morgan fingerprint density at radius 3 is 2.85 bits per heavy atom. The summed E-state index contributed by atoms with van der Waals surface area (Å²) in [6.07, 6.45) is 4.71. The van der Waals surface area contributed by atoms with Gasteiger partial charge in [0.1, 0.15) is 5.75 Å². The lowest BCUT2D eigenvalue weighted by molar-refractivity contribution is -0.131. The first kappa shape index (κ1) is 15.4. The van der Waals surface area contributed by atoms with Gasteiger partial charge in [0.2, 0.25) is 0 Å². The topological polar surface area (TPSA) is 88.5 Å². The first-order chi connectivity index (χ1) is 9.52. The molecule has 1 amide bonds. The molecule has 20 heavy (non-hydrogen) atoms. The molecule has 0 saturated carbocycles. The molecule has 0 fully saturated rings. The van der Waals surface area contributed by atoms with Crippen molar-refractivity contribution in [1.82, 2.24) is 10.3 Å². The van der Waals surface area contributed by atoms with E-state index in [1.54, 1.807) is 25.1 Å². The third kappa shape index (κ3) is 5.34. The monoisotopic (exact) mass is 276 g/mol. The number of carbonyl (C=O) groups is 2. The number of pyridine rings is 1. The number of carboxylic acids is 1. The molecular weight excluding hydrogens is 260 g/mol. The quantitative estimate of drug-likeness (QED) is 0.578. The molecule has 1 aromatic heterocycles. The number of ether oxygens (including phenoxy) is 1. The van der Waals surface area contributed by atoms with E-state index in [0.717, 1.165) is 6.08 Å². The first-order valence-corrected chi connectivity index (χ1v) is 5.95. The van der Waals surface area contributed by atoms with Gasteiger partial charge in [-0.2, -0.15) is 0 Å². The van der Waals surface area contributed by atoms with E-state index >= 15 is 0 Å². The van der Waals surface area contributed by atoms with E-state index in [2.05, 4.69) is 16.9 Å². The molecule has 0 radical (unpaired) electrons. The number of nitrogens with zero attached hydrogens (tertiary/aromatic N) is 1. The molecule has 106 valence electrons. The third-order valence-corrected chi connectivity index (χ3v) is 2.26. The molecular formula is C14H16N2O4. The van der Waals surface area contributed by atoms with Crippen LogP contribution >= 0.6 is 0 Å². The summed E-state index contributed by atoms with van der Waals surface area (Å²) in [4.78, 5) is 25.9. The molecule has 6 nitrogen and oxygen atoms in total. The lowest BCUT2D eigenvalue weighted by atomic mass is 10.3. The van der Waals surface area contributed by atoms with Gasteiger partial charge in [0, 0.05) is 12.6 Å². The van der Waals surface area contributed by atoms with Crippen molar-refractivity contribution in [2.75, 3.05) is 6.54 Å². The molecule has 1 rings (SSSR count). The highest BCUT2D eigenvalue weighted by molar-refractivity contribution is 5.84. The third-order valence-electron chi connectivity index (χ3n) is 2.26. The van der Waals surface area contributed by atoms with Crippen molar-refractivity contribution in [3.8, 4) is 5.75 Å². The van der Waals surface area contributed by atoms with Gasteiger partial charge in [-0.05, 0) is 25.1 Å². The minimum absolute atomic E-state index is 0.250. The lowest BCUT2D eigenvalue weighted by Crippen LogP contribution is -2.36. The number of rotatable bonds is 7. The van der Waals surface area contributed by atoms with Crippen molar-refractivity contribution in [2.45, 2.75) is 13.0 Å². The maximum absolute atomic E-state index is 11.6. The van der Waals surface area contributed by atoms with Crippen LogP contribution in [0.2, 0.25) is 0 Å². The summed E-state index contributed by atoms with van der Waals surface area (Å²) in [5, 5.41) is 11.1. The van der Waals surface area contributed by atoms with Crippen LogP contribution in [0.1, 0.15) is 12.6 Å². The molecule has 0 spiro atoms. The molecule has 1 heterocycles. The normalized spacial score (nSPS) is 11.8. The smallest absolute Gasteiger partial charge is 0.328 e. The molecule has 0 saturated heterocycles. The molecule has 0 aromatic carbocycles. The van der Waals surface area contributed by atoms with Crippen molar-refractivity contribution in [3.63, 3.8) is 0 Å². The van der Waals surface area contributed by atoms with Gasteiger partial charge in [-0.15, -0.1) is 6.58 Å². The Hall–Kier alpha value is -2.63. The minimum atomic E-state index is -1.04. The van der Waals surface area contributed by atoms with Crippen LogP contribution in [-0.4, -0.2) is 34.6 Å². The average molecular weight is 276 g/mol. The average Bonchev–Trinajstić information content (AvgIpc) is 2.43. The number of aliphatic carboxylic acids is 1. The van der Waals surface area contributed by atoms with Crippen LogP contribution in [0.5, 0.6) is 5.75 Å².